The molecule has 0 aromatic heterocycles. The molecule has 3 rings (SSSR count). The molecule has 6 heteroatoms. The number of carbonyl (C=O) groups excluding carboxylic acids is 2. The van der Waals surface area contributed by atoms with Gasteiger partial charge in [-0.05, 0) is 62.1 Å². The van der Waals surface area contributed by atoms with E-state index in [0.717, 1.165) is 33.6 Å². The monoisotopic (exact) mass is 381 g/mol. The van der Waals surface area contributed by atoms with Gasteiger partial charge in [-0.2, -0.15) is 0 Å². The fraction of sp³-hybridized carbons (Fsp3) is 0.286. The summed E-state index contributed by atoms with van der Waals surface area (Å²) in [7, 11) is 0. The van der Waals surface area contributed by atoms with E-state index < -0.39 is 5.25 Å². The van der Waals surface area contributed by atoms with Crippen molar-refractivity contribution in [3.63, 3.8) is 0 Å². The van der Waals surface area contributed by atoms with Crippen molar-refractivity contribution in [2.75, 3.05) is 5.32 Å². The van der Waals surface area contributed by atoms with E-state index in [1.165, 1.54) is 11.8 Å². The number of aliphatic imine (C=N–C) groups is 1. The zero-order valence-electron chi connectivity index (χ0n) is 15.9. The van der Waals surface area contributed by atoms with Crippen molar-refractivity contribution in [2.45, 2.75) is 39.4 Å². The fourth-order valence-electron chi connectivity index (χ4n) is 3.10. The summed E-state index contributed by atoms with van der Waals surface area (Å²) in [6, 6.07) is 11.9. The Morgan fingerprint density at radius 2 is 1.74 bits per heavy atom. The number of rotatable bonds is 4. The molecule has 0 aliphatic carbocycles. The van der Waals surface area contributed by atoms with Crippen LogP contribution in [0.15, 0.2) is 41.4 Å². The second kappa shape index (κ2) is 7.96. The van der Waals surface area contributed by atoms with Gasteiger partial charge in [0.2, 0.25) is 11.8 Å². The molecule has 2 amide bonds. The predicted molar refractivity (Wildman–Crippen MR) is 112 cm³/mol. The third-order valence-corrected chi connectivity index (χ3v) is 5.41. The van der Waals surface area contributed by atoms with Gasteiger partial charge >= 0.3 is 0 Å². The third kappa shape index (κ3) is 4.77. The van der Waals surface area contributed by atoms with E-state index in [4.69, 9.17) is 0 Å². The Labute approximate surface area is 163 Å². The molecule has 1 fully saturated rings. The Morgan fingerprint density at radius 1 is 1.11 bits per heavy atom. The minimum atomic E-state index is -0.473. The quantitative estimate of drug-likeness (QED) is 0.835. The van der Waals surface area contributed by atoms with Gasteiger partial charge in [0.25, 0.3) is 0 Å². The molecule has 0 unspecified atom stereocenters. The smallest absolute Gasteiger partial charge is 0.240 e. The minimum absolute atomic E-state index is 0.107. The van der Waals surface area contributed by atoms with E-state index in [9.17, 15) is 9.59 Å². The van der Waals surface area contributed by atoms with Crippen LogP contribution in [0.1, 0.15) is 28.7 Å². The highest BCUT2D eigenvalue weighted by atomic mass is 32.2. The summed E-state index contributed by atoms with van der Waals surface area (Å²) < 4.78 is 0. The van der Waals surface area contributed by atoms with Gasteiger partial charge in [0.15, 0.2) is 5.17 Å². The number of amides is 2. The lowest BCUT2D eigenvalue weighted by Gasteiger charge is -2.12. The van der Waals surface area contributed by atoms with Crippen LogP contribution in [0.2, 0.25) is 0 Å². The SMILES string of the molecule is Cc1cc(C)cc(N=C2NC(=O)[C@H](CC(=O)Nc3c(C)cccc3C)S2)c1. The van der Waals surface area contributed by atoms with Crippen LogP contribution in [0, 0.1) is 27.7 Å². The molecule has 140 valence electrons. The van der Waals surface area contributed by atoms with Gasteiger partial charge in [-0.15, -0.1) is 0 Å². The van der Waals surface area contributed by atoms with E-state index in [-0.39, 0.29) is 18.2 Å². The maximum absolute atomic E-state index is 12.4. The second-order valence-electron chi connectivity index (χ2n) is 6.88. The average molecular weight is 382 g/mol. The first-order chi connectivity index (χ1) is 12.8. The number of nitrogens with zero attached hydrogens (tertiary/aromatic N) is 1. The van der Waals surface area contributed by atoms with Crippen LogP contribution in [-0.4, -0.2) is 22.2 Å². The predicted octanol–water partition coefficient (Wildman–Crippen LogP) is 4.17. The lowest BCUT2D eigenvalue weighted by Crippen LogP contribution is -2.28. The van der Waals surface area contributed by atoms with Crippen molar-refractivity contribution < 1.29 is 9.59 Å². The molecule has 2 aromatic rings. The van der Waals surface area contributed by atoms with Crippen molar-refractivity contribution in [2.24, 2.45) is 4.99 Å². The number of carbonyl (C=O) groups is 2. The van der Waals surface area contributed by atoms with Crippen molar-refractivity contribution >= 4 is 40.1 Å². The summed E-state index contributed by atoms with van der Waals surface area (Å²) in [6.45, 7) is 7.93. The normalized spacial score (nSPS) is 17.9. The average Bonchev–Trinajstić information content (AvgIpc) is 2.89. The van der Waals surface area contributed by atoms with Gasteiger partial charge in [0, 0.05) is 12.1 Å². The van der Waals surface area contributed by atoms with Crippen LogP contribution >= 0.6 is 11.8 Å². The Kier molecular flexibility index (Phi) is 5.65. The largest absolute Gasteiger partial charge is 0.326 e. The lowest BCUT2D eigenvalue weighted by atomic mass is 10.1. The standard InChI is InChI=1S/C21H23N3O2S/c1-12-8-13(2)10-16(9-12)22-21-24-20(26)17(27-21)11-18(25)23-19-14(3)6-5-7-15(19)4/h5-10,17H,11H2,1-4H3,(H,23,25)(H,22,24,26)/t17-/m0/s1. The molecular formula is C21H23N3O2S. The van der Waals surface area contributed by atoms with Gasteiger partial charge in [0.05, 0.1) is 5.69 Å². The first kappa shape index (κ1) is 19.2. The van der Waals surface area contributed by atoms with Gasteiger partial charge in [-0.1, -0.05) is 36.0 Å². The van der Waals surface area contributed by atoms with E-state index in [0.29, 0.717) is 5.17 Å². The third-order valence-electron chi connectivity index (χ3n) is 4.33. The molecule has 1 aliphatic rings. The second-order valence-corrected chi connectivity index (χ2v) is 8.07. The van der Waals surface area contributed by atoms with Crippen LogP contribution in [-0.2, 0) is 9.59 Å². The molecule has 5 nitrogen and oxygen atoms in total. The molecule has 1 heterocycles. The summed E-state index contributed by atoms with van der Waals surface area (Å²) in [5.41, 5.74) is 5.86. The summed E-state index contributed by atoms with van der Waals surface area (Å²) in [5.74, 6) is -0.354. The topological polar surface area (TPSA) is 70.6 Å². The maximum atomic E-state index is 12.4. The van der Waals surface area contributed by atoms with Crippen molar-refractivity contribution in [1.29, 1.82) is 0 Å². The van der Waals surface area contributed by atoms with Crippen LogP contribution in [0.25, 0.3) is 0 Å². The van der Waals surface area contributed by atoms with Crippen molar-refractivity contribution in [1.82, 2.24) is 5.32 Å². The van der Waals surface area contributed by atoms with E-state index in [1.807, 2.05) is 58.0 Å². The summed E-state index contributed by atoms with van der Waals surface area (Å²) in [6.07, 6.45) is 0.107. The number of hydrogen-bond donors (Lipinski definition) is 2. The molecule has 2 aromatic carbocycles. The number of thioether (sulfide) groups is 1. The van der Waals surface area contributed by atoms with Gasteiger partial charge < -0.3 is 10.6 Å². The van der Waals surface area contributed by atoms with Crippen LogP contribution < -0.4 is 10.6 Å². The van der Waals surface area contributed by atoms with E-state index in [1.54, 1.807) is 0 Å². The Hall–Kier alpha value is -2.60. The van der Waals surface area contributed by atoms with Gasteiger partial charge in [-0.3, -0.25) is 9.59 Å². The Bertz CT molecular complexity index is 897. The number of amidine groups is 1. The lowest BCUT2D eigenvalue weighted by molar-refractivity contribution is -0.122. The molecule has 2 N–H and O–H groups in total. The highest BCUT2D eigenvalue weighted by Gasteiger charge is 2.32. The number of benzene rings is 2. The van der Waals surface area contributed by atoms with Crippen LogP contribution in [0.5, 0.6) is 0 Å². The zero-order valence-corrected chi connectivity index (χ0v) is 16.7. The number of para-hydroxylation sites is 1. The highest BCUT2D eigenvalue weighted by Crippen LogP contribution is 2.27. The molecule has 1 saturated heterocycles. The molecule has 0 radical (unpaired) electrons. The highest BCUT2D eigenvalue weighted by molar-refractivity contribution is 8.15. The van der Waals surface area contributed by atoms with Crippen molar-refractivity contribution in [3.8, 4) is 0 Å². The first-order valence-corrected chi connectivity index (χ1v) is 9.70. The maximum Gasteiger partial charge on any atom is 0.240 e. The van der Waals surface area contributed by atoms with E-state index in [2.05, 4.69) is 21.7 Å². The number of anilines is 1. The molecule has 0 saturated carbocycles. The van der Waals surface area contributed by atoms with Gasteiger partial charge in [0.1, 0.15) is 5.25 Å². The Morgan fingerprint density at radius 3 is 2.37 bits per heavy atom. The van der Waals surface area contributed by atoms with Crippen molar-refractivity contribution in [3.05, 3.63) is 58.7 Å². The minimum Gasteiger partial charge on any atom is -0.326 e. The van der Waals surface area contributed by atoms with Crippen LogP contribution in [0.4, 0.5) is 11.4 Å². The zero-order chi connectivity index (χ0) is 19.6. The fourth-order valence-corrected chi connectivity index (χ4v) is 4.08. The molecule has 0 spiro atoms. The number of nitrogens with one attached hydrogen (secondary N) is 2. The molecule has 1 atom stereocenters. The molecule has 27 heavy (non-hydrogen) atoms. The molecular weight excluding hydrogens is 358 g/mol. The Balaban J connectivity index is 1.67. The van der Waals surface area contributed by atoms with Gasteiger partial charge in [-0.25, -0.2) is 4.99 Å². The summed E-state index contributed by atoms with van der Waals surface area (Å²) >= 11 is 1.30. The summed E-state index contributed by atoms with van der Waals surface area (Å²) in [4.78, 5) is 29.2. The van der Waals surface area contributed by atoms with Crippen LogP contribution in [0.3, 0.4) is 0 Å². The number of hydrogen-bond acceptors (Lipinski definition) is 4. The molecule has 0 bridgehead atoms. The number of aryl methyl sites for hydroxylation is 4. The molecule has 1 aliphatic heterocycles. The summed E-state index contributed by atoms with van der Waals surface area (Å²) in [5, 5.41) is 5.77. The van der Waals surface area contributed by atoms with E-state index >= 15 is 0 Å². The first-order valence-electron chi connectivity index (χ1n) is 8.82.